The lowest BCUT2D eigenvalue weighted by Crippen LogP contribution is -2.56. The zero-order valence-electron chi connectivity index (χ0n) is 12.6. The minimum atomic E-state index is 0.308. The Hall–Kier alpha value is 0.230. The van der Waals surface area contributed by atoms with E-state index in [0.29, 0.717) is 11.6 Å². The molecule has 0 aromatic carbocycles. The predicted octanol–water partition coefficient (Wildman–Crippen LogP) is 1.87. The van der Waals surface area contributed by atoms with Crippen LogP contribution in [0.1, 0.15) is 34.1 Å². The summed E-state index contributed by atoms with van der Waals surface area (Å²) in [6, 6.07) is 0.589. The molecule has 4 heteroatoms. The maximum Gasteiger partial charge on any atom is 0.0227 e. The van der Waals surface area contributed by atoms with E-state index >= 15 is 0 Å². The highest BCUT2D eigenvalue weighted by atomic mass is 32.2. The van der Waals surface area contributed by atoms with E-state index in [1.807, 2.05) is 11.8 Å². The summed E-state index contributed by atoms with van der Waals surface area (Å²) in [7, 11) is 0. The van der Waals surface area contributed by atoms with Gasteiger partial charge in [0.1, 0.15) is 0 Å². The van der Waals surface area contributed by atoms with Crippen molar-refractivity contribution in [2.75, 3.05) is 44.2 Å². The van der Waals surface area contributed by atoms with Gasteiger partial charge in [0.2, 0.25) is 0 Å². The molecular formula is C14H31N3S. The zero-order valence-corrected chi connectivity index (χ0v) is 13.4. The largest absolute Gasteiger partial charge is 0.329 e. The van der Waals surface area contributed by atoms with Crippen molar-refractivity contribution in [1.29, 1.82) is 0 Å². The van der Waals surface area contributed by atoms with Crippen LogP contribution in [-0.2, 0) is 0 Å². The Morgan fingerprint density at radius 1 is 1.17 bits per heavy atom. The second kappa shape index (κ2) is 7.73. The van der Waals surface area contributed by atoms with Crippen LogP contribution < -0.4 is 5.73 Å². The van der Waals surface area contributed by atoms with Crippen molar-refractivity contribution < 1.29 is 0 Å². The lowest BCUT2D eigenvalue weighted by atomic mass is 10.0. The van der Waals surface area contributed by atoms with E-state index in [0.717, 1.165) is 6.54 Å². The molecule has 0 spiro atoms. The minimum absolute atomic E-state index is 0.308. The normalized spacial score (nSPS) is 21.2. The number of thioether (sulfide) groups is 1. The molecule has 108 valence electrons. The first-order chi connectivity index (χ1) is 8.49. The topological polar surface area (TPSA) is 32.5 Å². The van der Waals surface area contributed by atoms with E-state index in [9.17, 15) is 0 Å². The first kappa shape index (κ1) is 16.3. The average Bonchev–Trinajstić information content (AvgIpc) is 2.34. The van der Waals surface area contributed by atoms with Gasteiger partial charge in [0.05, 0.1) is 0 Å². The molecule has 1 heterocycles. The smallest absolute Gasteiger partial charge is 0.0227 e. The third kappa shape index (κ3) is 5.08. The summed E-state index contributed by atoms with van der Waals surface area (Å²) >= 11 is 2.03. The first-order valence-corrected chi connectivity index (χ1v) is 8.41. The van der Waals surface area contributed by atoms with Crippen LogP contribution in [0.4, 0.5) is 0 Å². The highest BCUT2D eigenvalue weighted by Crippen LogP contribution is 2.18. The summed E-state index contributed by atoms with van der Waals surface area (Å²) in [5.74, 6) is 2.47. The second-order valence-corrected chi connectivity index (χ2v) is 7.46. The molecule has 0 radical (unpaired) electrons. The van der Waals surface area contributed by atoms with Crippen LogP contribution in [0.3, 0.4) is 0 Å². The van der Waals surface area contributed by atoms with Crippen molar-refractivity contribution >= 4 is 11.8 Å². The van der Waals surface area contributed by atoms with Crippen molar-refractivity contribution in [2.45, 2.75) is 45.7 Å². The Labute approximate surface area is 117 Å². The van der Waals surface area contributed by atoms with Crippen LogP contribution >= 0.6 is 11.8 Å². The molecule has 0 aromatic heterocycles. The number of hydrogen-bond donors (Lipinski definition) is 1. The Balaban J connectivity index is 2.35. The number of rotatable bonds is 6. The van der Waals surface area contributed by atoms with Gasteiger partial charge >= 0.3 is 0 Å². The molecular weight excluding hydrogens is 242 g/mol. The highest BCUT2D eigenvalue weighted by Gasteiger charge is 2.28. The van der Waals surface area contributed by atoms with Gasteiger partial charge in [-0.3, -0.25) is 9.80 Å². The summed E-state index contributed by atoms with van der Waals surface area (Å²) in [4.78, 5) is 5.18. The van der Waals surface area contributed by atoms with Crippen molar-refractivity contribution in [3.8, 4) is 0 Å². The van der Waals surface area contributed by atoms with Gasteiger partial charge in [-0.1, -0.05) is 6.92 Å². The molecule has 3 nitrogen and oxygen atoms in total. The number of nitrogens with two attached hydrogens (primary N) is 1. The van der Waals surface area contributed by atoms with E-state index in [1.165, 1.54) is 44.1 Å². The molecule has 1 atom stereocenters. The van der Waals surface area contributed by atoms with Gasteiger partial charge < -0.3 is 5.73 Å². The number of hydrogen-bond acceptors (Lipinski definition) is 4. The minimum Gasteiger partial charge on any atom is -0.329 e. The van der Waals surface area contributed by atoms with Crippen molar-refractivity contribution in [3.05, 3.63) is 0 Å². The Bertz CT molecular complexity index is 220. The molecule has 18 heavy (non-hydrogen) atoms. The molecule has 1 unspecified atom stereocenters. The van der Waals surface area contributed by atoms with Crippen molar-refractivity contribution in [1.82, 2.24) is 9.80 Å². The molecule has 0 aliphatic carbocycles. The van der Waals surface area contributed by atoms with E-state index in [4.69, 9.17) is 5.73 Å². The van der Waals surface area contributed by atoms with Crippen LogP contribution in [0, 0.1) is 0 Å². The van der Waals surface area contributed by atoms with Crippen molar-refractivity contribution in [2.24, 2.45) is 5.73 Å². The lowest BCUT2D eigenvalue weighted by Gasteiger charge is -2.44. The van der Waals surface area contributed by atoms with Crippen LogP contribution in [0.15, 0.2) is 0 Å². The van der Waals surface area contributed by atoms with E-state index < -0.39 is 0 Å². The molecule has 2 N–H and O–H groups in total. The van der Waals surface area contributed by atoms with E-state index in [-0.39, 0.29) is 0 Å². The van der Waals surface area contributed by atoms with Gasteiger partial charge in [-0.05, 0) is 38.7 Å². The summed E-state index contributed by atoms with van der Waals surface area (Å²) in [6.45, 7) is 14.7. The maximum absolute atomic E-state index is 5.94. The quantitative estimate of drug-likeness (QED) is 0.749. The highest BCUT2D eigenvalue weighted by molar-refractivity contribution is 7.99. The Kier molecular flexibility index (Phi) is 6.99. The van der Waals surface area contributed by atoms with Gasteiger partial charge in [-0.25, -0.2) is 0 Å². The third-order valence-electron chi connectivity index (χ3n) is 3.85. The lowest BCUT2D eigenvalue weighted by molar-refractivity contribution is 0.0431. The average molecular weight is 273 g/mol. The summed E-state index contributed by atoms with van der Waals surface area (Å²) in [5.41, 5.74) is 6.25. The van der Waals surface area contributed by atoms with Crippen molar-refractivity contribution in [3.63, 3.8) is 0 Å². The monoisotopic (exact) mass is 273 g/mol. The Morgan fingerprint density at radius 3 is 2.22 bits per heavy atom. The fourth-order valence-corrected chi connectivity index (χ4v) is 3.30. The van der Waals surface area contributed by atoms with E-state index in [2.05, 4.69) is 37.5 Å². The van der Waals surface area contributed by atoms with Crippen LogP contribution in [0.5, 0.6) is 0 Å². The summed E-state index contributed by atoms with van der Waals surface area (Å²) in [6.07, 6.45) is 1.24. The first-order valence-electron chi connectivity index (χ1n) is 7.26. The fraction of sp³-hybridized carbons (Fsp3) is 1.00. The number of nitrogens with zero attached hydrogens (tertiary/aromatic N) is 2. The fourth-order valence-electron chi connectivity index (χ4n) is 2.57. The molecule has 1 aliphatic heterocycles. The van der Waals surface area contributed by atoms with Crippen LogP contribution in [0.25, 0.3) is 0 Å². The number of piperazine rings is 1. The van der Waals surface area contributed by atoms with Gasteiger partial charge in [-0.15, -0.1) is 0 Å². The van der Waals surface area contributed by atoms with Gasteiger partial charge in [0.15, 0.2) is 0 Å². The SMILES string of the molecule is CCSCCC(CN)N1CCN(C(C)(C)C)CC1. The molecule has 0 saturated carbocycles. The standard InChI is InChI=1S/C14H31N3S/c1-5-18-11-6-13(12-15)16-7-9-17(10-8-16)14(2,3)4/h13H,5-12,15H2,1-4H3. The zero-order chi connectivity index (χ0) is 13.6. The second-order valence-electron chi connectivity index (χ2n) is 6.07. The molecule has 1 rings (SSSR count). The molecule has 1 fully saturated rings. The van der Waals surface area contributed by atoms with Crippen LogP contribution in [0.2, 0.25) is 0 Å². The molecule has 1 aliphatic rings. The maximum atomic E-state index is 5.94. The van der Waals surface area contributed by atoms with E-state index in [1.54, 1.807) is 0 Å². The van der Waals surface area contributed by atoms with Gasteiger partial charge in [0, 0.05) is 44.3 Å². The van der Waals surface area contributed by atoms with Gasteiger partial charge in [-0.2, -0.15) is 11.8 Å². The summed E-state index contributed by atoms with van der Waals surface area (Å²) < 4.78 is 0. The summed E-state index contributed by atoms with van der Waals surface area (Å²) in [5, 5.41) is 0. The molecule has 1 saturated heterocycles. The molecule has 0 bridgehead atoms. The predicted molar refractivity (Wildman–Crippen MR) is 83.4 cm³/mol. The Morgan fingerprint density at radius 2 is 1.78 bits per heavy atom. The molecule has 0 aromatic rings. The van der Waals surface area contributed by atoms with Crippen LogP contribution in [-0.4, -0.2) is 65.6 Å². The molecule has 0 amide bonds. The third-order valence-corrected chi connectivity index (χ3v) is 4.78. The van der Waals surface area contributed by atoms with Gasteiger partial charge in [0.25, 0.3) is 0 Å².